The van der Waals surface area contributed by atoms with E-state index in [9.17, 15) is 14.4 Å². The third-order valence-corrected chi connectivity index (χ3v) is 3.63. The Hall–Kier alpha value is -1.39. The number of nitrogens with one attached hydrogen (secondary N) is 1. The number of amides is 2. The van der Waals surface area contributed by atoms with Crippen molar-refractivity contribution >= 4 is 17.6 Å². The lowest BCUT2D eigenvalue weighted by atomic mass is 10.0. The van der Waals surface area contributed by atoms with E-state index in [1.165, 1.54) is 6.92 Å². The second kappa shape index (κ2) is 6.68. The molecule has 0 spiro atoms. The lowest BCUT2D eigenvalue weighted by Crippen LogP contribution is -2.47. The van der Waals surface area contributed by atoms with Gasteiger partial charge in [0, 0.05) is 13.0 Å². The molecular formula is C14H24N2O3. The van der Waals surface area contributed by atoms with E-state index < -0.39 is 6.04 Å². The van der Waals surface area contributed by atoms with Crippen LogP contribution in [0.15, 0.2) is 0 Å². The van der Waals surface area contributed by atoms with Crippen LogP contribution in [0.2, 0.25) is 0 Å². The molecule has 0 radical (unpaired) electrons. The van der Waals surface area contributed by atoms with E-state index in [0.29, 0.717) is 18.9 Å². The SMILES string of the molecule is CCC1CC(=O)N(CC(=O)NC(C(C)=O)C(C)C)C1. The molecule has 1 rings (SSSR count). The third kappa shape index (κ3) is 4.33. The highest BCUT2D eigenvalue weighted by molar-refractivity contribution is 5.90. The summed E-state index contributed by atoms with van der Waals surface area (Å²) in [7, 11) is 0. The van der Waals surface area contributed by atoms with Crippen molar-refractivity contribution in [1.82, 2.24) is 10.2 Å². The Morgan fingerprint density at radius 3 is 2.47 bits per heavy atom. The van der Waals surface area contributed by atoms with Gasteiger partial charge in [0.15, 0.2) is 5.78 Å². The predicted octanol–water partition coefficient (Wildman–Crippen LogP) is 0.975. The van der Waals surface area contributed by atoms with Gasteiger partial charge in [-0.25, -0.2) is 0 Å². The average Bonchev–Trinajstić information content (AvgIpc) is 2.66. The van der Waals surface area contributed by atoms with Crippen molar-refractivity contribution in [2.45, 2.75) is 46.6 Å². The maximum Gasteiger partial charge on any atom is 0.240 e. The van der Waals surface area contributed by atoms with Crippen LogP contribution in [-0.2, 0) is 14.4 Å². The van der Waals surface area contributed by atoms with Gasteiger partial charge < -0.3 is 10.2 Å². The average molecular weight is 268 g/mol. The molecule has 1 N–H and O–H groups in total. The van der Waals surface area contributed by atoms with Crippen LogP contribution in [-0.4, -0.2) is 41.6 Å². The van der Waals surface area contributed by atoms with Crippen LogP contribution < -0.4 is 5.32 Å². The highest BCUT2D eigenvalue weighted by Gasteiger charge is 2.30. The summed E-state index contributed by atoms with van der Waals surface area (Å²) in [6.45, 7) is 8.01. The van der Waals surface area contributed by atoms with Gasteiger partial charge in [0.25, 0.3) is 0 Å². The fourth-order valence-electron chi connectivity index (χ4n) is 2.41. The minimum Gasteiger partial charge on any atom is -0.345 e. The molecular weight excluding hydrogens is 244 g/mol. The quantitative estimate of drug-likeness (QED) is 0.780. The van der Waals surface area contributed by atoms with Gasteiger partial charge in [0.05, 0.1) is 12.6 Å². The van der Waals surface area contributed by atoms with Crippen LogP contribution >= 0.6 is 0 Å². The van der Waals surface area contributed by atoms with Gasteiger partial charge in [-0.3, -0.25) is 14.4 Å². The second-order valence-electron chi connectivity index (χ2n) is 5.65. The first-order valence-electron chi connectivity index (χ1n) is 6.92. The first kappa shape index (κ1) is 15.7. The molecule has 5 heteroatoms. The minimum atomic E-state index is -0.466. The van der Waals surface area contributed by atoms with E-state index in [0.717, 1.165) is 6.42 Å². The smallest absolute Gasteiger partial charge is 0.240 e. The highest BCUT2D eigenvalue weighted by Crippen LogP contribution is 2.19. The van der Waals surface area contributed by atoms with Crippen LogP contribution in [0.5, 0.6) is 0 Å². The monoisotopic (exact) mass is 268 g/mol. The van der Waals surface area contributed by atoms with Gasteiger partial charge in [0.1, 0.15) is 0 Å². The van der Waals surface area contributed by atoms with E-state index in [1.54, 1.807) is 4.90 Å². The number of carbonyl (C=O) groups is 3. The summed E-state index contributed by atoms with van der Waals surface area (Å²) in [4.78, 5) is 36.6. The van der Waals surface area contributed by atoms with E-state index >= 15 is 0 Å². The molecule has 2 atom stereocenters. The Morgan fingerprint density at radius 2 is 2.05 bits per heavy atom. The first-order chi connectivity index (χ1) is 8.85. The zero-order valence-corrected chi connectivity index (χ0v) is 12.2. The number of likely N-dealkylation sites (tertiary alicyclic amines) is 1. The lowest BCUT2D eigenvalue weighted by molar-refractivity contribution is -0.134. The normalized spacial score (nSPS) is 20.8. The molecule has 108 valence electrons. The van der Waals surface area contributed by atoms with Crippen LogP contribution in [0.1, 0.15) is 40.5 Å². The van der Waals surface area contributed by atoms with Crippen LogP contribution in [0.25, 0.3) is 0 Å². The van der Waals surface area contributed by atoms with Gasteiger partial charge in [-0.2, -0.15) is 0 Å². The second-order valence-corrected chi connectivity index (χ2v) is 5.65. The third-order valence-electron chi connectivity index (χ3n) is 3.63. The number of hydrogen-bond acceptors (Lipinski definition) is 3. The summed E-state index contributed by atoms with van der Waals surface area (Å²) in [5.74, 6) is 0.139. The number of nitrogens with zero attached hydrogens (tertiary/aromatic N) is 1. The van der Waals surface area contributed by atoms with E-state index in [-0.39, 0.29) is 30.1 Å². The molecule has 19 heavy (non-hydrogen) atoms. The Balaban J connectivity index is 2.51. The molecule has 1 aliphatic heterocycles. The number of Topliss-reactive ketones (excluding diaryl/α,β-unsaturated/α-hetero) is 1. The standard InChI is InChI=1S/C14H24N2O3/c1-5-11-6-13(19)16(7-11)8-12(18)15-14(9(2)3)10(4)17/h9,11,14H,5-8H2,1-4H3,(H,15,18). The summed E-state index contributed by atoms with van der Waals surface area (Å²) in [6, 6.07) is -0.466. The molecule has 1 heterocycles. The molecule has 0 aromatic rings. The summed E-state index contributed by atoms with van der Waals surface area (Å²) < 4.78 is 0. The van der Waals surface area contributed by atoms with Gasteiger partial charge in [-0.05, 0) is 18.8 Å². The largest absolute Gasteiger partial charge is 0.345 e. The maximum absolute atomic E-state index is 11.9. The highest BCUT2D eigenvalue weighted by atomic mass is 16.2. The molecule has 1 saturated heterocycles. The number of hydrogen-bond donors (Lipinski definition) is 1. The predicted molar refractivity (Wildman–Crippen MR) is 72.4 cm³/mol. The van der Waals surface area contributed by atoms with E-state index in [1.807, 2.05) is 20.8 Å². The molecule has 1 fully saturated rings. The van der Waals surface area contributed by atoms with Crippen molar-refractivity contribution in [2.75, 3.05) is 13.1 Å². The van der Waals surface area contributed by atoms with Crippen LogP contribution in [0.4, 0.5) is 0 Å². The molecule has 1 aliphatic rings. The molecule has 0 saturated carbocycles. The number of ketones is 1. The zero-order valence-electron chi connectivity index (χ0n) is 12.2. The molecule has 0 aromatic carbocycles. The lowest BCUT2D eigenvalue weighted by Gasteiger charge is -2.22. The molecule has 0 aromatic heterocycles. The van der Waals surface area contributed by atoms with Gasteiger partial charge >= 0.3 is 0 Å². The molecule has 2 amide bonds. The van der Waals surface area contributed by atoms with E-state index in [2.05, 4.69) is 5.32 Å². The van der Waals surface area contributed by atoms with Crippen molar-refractivity contribution in [1.29, 1.82) is 0 Å². The van der Waals surface area contributed by atoms with Gasteiger partial charge in [-0.1, -0.05) is 27.2 Å². The Bertz CT molecular complexity index is 366. The molecule has 0 bridgehead atoms. The van der Waals surface area contributed by atoms with Crippen molar-refractivity contribution in [3.63, 3.8) is 0 Å². The number of rotatable bonds is 6. The van der Waals surface area contributed by atoms with Crippen molar-refractivity contribution in [3.8, 4) is 0 Å². The fourth-order valence-corrected chi connectivity index (χ4v) is 2.41. The Labute approximate surface area is 114 Å². The summed E-state index contributed by atoms with van der Waals surface area (Å²) >= 11 is 0. The molecule has 5 nitrogen and oxygen atoms in total. The molecule has 0 aliphatic carbocycles. The summed E-state index contributed by atoms with van der Waals surface area (Å²) in [5.41, 5.74) is 0. The number of carbonyl (C=O) groups excluding carboxylic acids is 3. The first-order valence-corrected chi connectivity index (χ1v) is 6.92. The van der Waals surface area contributed by atoms with Crippen LogP contribution in [0.3, 0.4) is 0 Å². The van der Waals surface area contributed by atoms with Crippen molar-refractivity contribution < 1.29 is 14.4 Å². The minimum absolute atomic E-state index is 0.0333. The Kier molecular flexibility index (Phi) is 5.51. The van der Waals surface area contributed by atoms with E-state index in [4.69, 9.17) is 0 Å². The topological polar surface area (TPSA) is 66.5 Å². The van der Waals surface area contributed by atoms with Crippen molar-refractivity contribution in [2.24, 2.45) is 11.8 Å². The summed E-state index contributed by atoms with van der Waals surface area (Å²) in [5, 5.41) is 2.71. The fraction of sp³-hybridized carbons (Fsp3) is 0.786. The van der Waals surface area contributed by atoms with Crippen LogP contribution in [0, 0.1) is 11.8 Å². The Morgan fingerprint density at radius 1 is 1.42 bits per heavy atom. The summed E-state index contributed by atoms with van der Waals surface area (Å²) in [6.07, 6.45) is 1.48. The molecule has 2 unspecified atom stereocenters. The van der Waals surface area contributed by atoms with Gasteiger partial charge in [0.2, 0.25) is 11.8 Å². The van der Waals surface area contributed by atoms with Gasteiger partial charge in [-0.15, -0.1) is 0 Å². The maximum atomic E-state index is 11.9. The zero-order chi connectivity index (χ0) is 14.6. The van der Waals surface area contributed by atoms with Crippen molar-refractivity contribution in [3.05, 3.63) is 0 Å².